The lowest BCUT2D eigenvalue weighted by Crippen LogP contribution is -2.32. The zero-order valence-corrected chi connectivity index (χ0v) is 19.1. The third-order valence-electron chi connectivity index (χ3n) is 5.87. The summed E-state index contributed by atoms with van der Waals surface area (Å²) in [6.07, 6.45) is 0. The number of imide groups is 1. The molecule has 1 N–H and O–H groups in total. The summed E-state index contributed by atoms with van der Waals surface area (Å²) >= 11 is 0. The van der Waals surface area contributed by atoms with Gasteiger partial charge >= 0.3 is 0 Å². The van der Waals surface area contributed by atoms with E-state index in [1.54, 1.807) is 12.1 Å². The molecule has 0 unspecified atom stereocenters. The van der Waals surface area contributed by atoms with Gasteiger partial charge in [-0.1, -0.05) is 30.3 Å². The van der Waals surface area contributed by atoms with Crippen LogP contribution in [0.15, 0.2) is 72.4 Å². The lowest BCUT2D eigenvalue weighted by molar-refractivity contribution is -0.137. The Hall–Kier alpha value is -3.93. The number of halogens is 1. The lowest BCUT2D eigenvalue weighted by Gasteiger charge is -2.16. The van der Waals surface area contributed by atoms with E-state index in [-0.39, 0.29) is 24.0 Å². The van der Waals surface area contributed by atoms with Gasteiger partial charge in [-0.05, 0) is 72.5 Å². The molecule has 4 rings (SSSR count). The third kappa shape index (κ3) is 4.51. The normalized spacial score (nSPS) is 13.7. The van der Waals surface area contributed by atoms with E-state index in [2.05, 4.69) is 5.32 Å². The van der Waals surface area contributed by atoms with E-state index in [0.29, 0.717) is 22.4 Å². The molecule has 168 valence electrons. The van der Waals surface area contributed by atoms with E-state index < -0.39 is 5.91 Å². The number of carbonyl (C=O) groups excluding carboxylic acids is 2. The van der Waals surface area contributed by atoms with Crippen molar-refractivity contribution in [1.29, 1.82) is 0 Å². The van der Waals surface area contributed by atoms with E-state index in [4.69, 9.17) is 0 Å². The Balaban J connectivity index is 1.73. The van der Waals surface area contributed by atoms with Gasteiger partial charge in [0.05, 0.1) is 12.1 Å². The summed E-state index contributed by atoms with van der Waals surface area (Å²) in [6, 6.07) is 19.2. The van der Waals surface area contributed by atoms with E-state index in [0.717, 1.165) is 16.8 Å². The zero-order valence-electron chi connectivity index (χ0n) is 19.1. The Kier molecular flexibility index (Phi) is 6.01. The summed E-state index contributed by atoms with van der Waals surface area (Å²) in [5.41, 5.74) is 5.81. The Morgan fingerprint density at radius 1 is 0.848 bits per heavy atom. The smallest absolute Gasteiger partial charge is 0.278 e. The van der Waals surface area contributed by atoms with Crippen LogP contribution in [0, 0.1) is 19.7 Å². The van der Waals surface area contributed by atoms with Gasteiger partial charge in [0.25, 0.3) is 11.8 Å². The fraction of sp³-hybridized carbons (Fsp3) is 0.185. The molecule has 0 saturated heterocycles. The van der Waals surface area contributed by atoms with Crippen LogP contribution in [0.1, 0.15) is 22.3 Å². The maximum absolute atomic E-state index is 13.5. The number of hydrogen-bond donors (Lipinski definition) is 1. The molecule has 0 spiro atoms. The van der Waals surface area contributed by atoms with Crippen molar-refractivity contribution in [3.63, 3.8) is 0 Å². The van der Waals surface area contributed by atoms with E-state index in [1.807, 2.05) is 75.3 Å². The van der Waals surface area contributed by atoms with Crippen LogP contribution in [-0.2, 0) is 16.1 Å². The maximum atomic E-state index is 13.5. The van der Waals surface area contributed by atoms with Crippen LogP contribution < -0.4 is 10.2 Å². The molecule has 1 heterocycles. The summed E-state index contributed by atoms with van der Waals surface area (Å²) in [5, 5.41) is 3.18. The highest BCUT2D eigenvalue weighted by Gasteiger charge is 2.39. The van der Waals surface area contributed by atoms with Crippen molar-refractivity contribution in [2.75, 3.05) is 24.3 Å². The Labute approximate surface area is 193 Å². The van der Waals surface area contributed by atoms with Gasteiger partial charge in [0.2, 0.25) is 0 Å². The predicted molar refractivity (Wildman–Crippen MR) is 129 cm³/mol. The van der Waals surface area contributed by atoms with E-state index in [9.17, 15) is 14.0 Å². The van der Waals surface area contributed by atoms with Gasteiger partial charge in [-0.3, -0.25) is 14.5 Å². The first-order valence-corrected chi connectivity index (χ1v) is 10.7. The largest absolute Gasteiger partial charge is 0.378 e. The van der Waals surface area contributed by atoms with Gasteiger partial charge in [-0.15, -0.1) is 0 Å². The molecule has 0 atom stereocenters. The Bertz CT molecular complexity index is 1250. The first-order chi connectivity index (χ1) is 15.7. The minimum absolute atomic E-state index is 0.0665. The monoisotopic (exact) mass is 443 g/mol. The van der Waals surface area contributed by atoms with Gasteiger partial charge in [-0.25, -0.2) is 4.39 Å². The van der Waals surface area contributed by atoms with Crippen LogP contribution in [0.4, 0.5) is 15.8 Å². The molecule has 5 nitrogen and oxygen atoms in total. The highest BCUT2D eigenvalue weighted by atomic mass is 19.1. The number of benzene rings is 3. The van der Waals surface area contributed by atoms with Gasteiger partial charge < -0.3 is 10.2 Å². The van der Waals surface area contributed by atoms with Crippen molar-refractivity contribution in [3.8, 4) is 0 Å². The summed E-state index contributed by atoms with van der Waals surface area (Å²) in [4.78, 5) is 30.0. The molecule has 33 heavy (non-hydrogen) atoms. The molecule has 0 fully saturated rings. The average molecular weight is 444 g/mol. The maximum Gasteiger partial charge on any atom is 0.278 e. The summed E-state index contributed by atoms with van der Waals surface area (Å²) in [5.74, 6) is -1.15. The van der Waals surface area contributed by atoms with E-state index >= 15 is 0 Å². The number of nitrogens with zero attached hydrogens (tertiary/aromatic N) is 2. The summed E-state index contributed by atoms with van der Waals surface area (Å²) in [7, 11) is 3.91. The van der Waals surface area contributed by atoms with Crippen LogP contribution in [-0.4, -0.2) is 30.8 Å². The third-order valence-corrected chi connectivity index (χ3v) is 5.87. The van der Waals surface area contributed by atoms with Gasteiger partial charge in [0.1, 0.15) is 11.5 Å². The van der Waals surface area contributed by atoms with Crippen LogP contribution in [0.5, 0.6) is 0 Å². The molecule has 1 aliphatic rings. The van der Waals surface area contributed by atoms with Crippen LogP contribution in [0.3, 0.4) is 0 Å². The molecule has 3 aromatic carbocycles. The number of nitrogens with one attached hydrogen (secondary N) is 1. The van der Waals surface area contributed by atoms with Crippen molar-refractivity contribution in [2.24, 2.45) is 0 Å². The number of amides is 2. The average Bonchev–Trinajstić information content (AvgIpc) is 3.02. The summed E-state index contributed by atoms with van der Waals surface area (Å²) < 4.78 is 13.3. The van der Waals surface area contributed by atoms with Crippen LogP contribution in [0.2, 0.25) is 0 Å². The predicted octanol–water partition coefficient (Wildman–Crippen LogP) is 4.90. The SMILES string of the molecule is Cc1ccc(C2=C(Nc3ccc(N(C)C)cc3)C(=O)N(Cc3ccc(F)cc3)C2=O)cc1C. The van der Waals surface area contributed by atoms with Gasteiger partial charge in [0, 0.05) is 25.5 Å². The van der Waals surface area contributed by atoms with Crippen LogP contribution in [0.25, 0.3) is 5.57 Å². The molecule has 0 bridgehead atoms. The first-order valence-electron chi connectivity index (χ1n) is 10.7. The fourth-order valence-electron chi connectivity index (χ4n) is 3.76. The molecular formula is C27H26FN3O2. The molecule has 3 aromatic rings. The fourth-order valence-corrected chi connectivity index (χ4v) is 3.76. The number of rotatable bonds is 6. The minimum atomic E-state index is -0.408. The molecule has 2 amide bonds. The second-order valence-corrected chi connectivity index (χ2v) is 8.44. The molecular weight excluding hydrogens is 417 g/mol. The number of hydrogen-bond acceptors (Lipinski definition) is 4. The number of anilines is 2. The lowest BCUT2D eigenvalue weighted by atomic mass is 9.99. The number of aryl methyl sites for hydroxylation is 2. The molecule has 1 aliphatic heterocycles. The zero-order chi connectivity index (χ0) is 23.7. The quantitative estimate of drug-likeness (QED) is 0.551. The molecule has 6 heteroatoms. The second kappa shape index (κ2) is 8.90. The van der Waals surface area contributed by atoms with Crippen molar-refractivity contribution in [3.05, 3.63) is 100 Å². The molecule has 0 radical (unpaired) electrons. The molecule has 0 aromatic heterocycles. The highest BCUT2D eigenvalue weighted by molar-refractivity contribution is 6.36. The molecule has 0 saturated carbocycles. The Morgan fingerprint density at radius 2 is 1.52 bits per heavy atom. The van der Waals surface area contributed by atoms with Gasteiger partial charge in [0.15, 0.2) is 0 Å². The summed E-state index contributed by atoms with van der Waals surface area (Å²) in [6.45, 7) is 4.04. The van der Waals surface area contributed by atoms with Crippen LogP contribution >= 0.6 is 0 Å². The molecule has 0 aliphatic carbocycles. The second-order valence-electron chi connectivity index (χ2n) is 8.44. The van der Waals surface area contributed by atoms with Crippen molar-refractivity contribution in [1.82, 2.24) is 4.90 Å². The van der Waals surface area contributed by atoms with Crippen molar-refractivity contribution in [2.45, 2.75) is 20.4 Å². The van der Waals surface area contributed by atoms with Gasteiger partial charge in [-0.2, -0.15) is 0 Å². The Morgan fingerprint density at radius 3 is 2.12 bits per heavy atom. The highest BCUT2D eigenvalue weighted by Crippen LogP contribution is 2.32. The standard InChI is InChI=1S/C27H26FN3O2/c1-17-5-8-20(15-18(17)2)24-25(29-22-11-13-23(14-12-22)30(3)4)27(33)31(26(24)32)16-19-6-9-21(28)10-7-19/h5-15,29H,16H2,1-4H3. The minimum Gasteiger partial charge on any atom is -0.378 e. The first kappa shape index (κ1) is 22.3. The van der Waals surface area contributed by atoms with Crippen molar-refractivity contribution >= 4 is 28.8 Å². The van der Waals surface area contributed by atoms with E-state index in [1.165, 1.54) is 17.0 Å². The number of carbonyl (C=O) groups is 2. The topological polar surface area (TPSA) is 52.7 Å². The van der Waals surface area contributed by atoms with Crippen molar-refractivity contribution < 1.29 is 14.0 Å².